The molecule has 0 aliphatic heterocycles. The van der Waals surface area contributed by atoms with E-state index in [0.29, 0.717) is 0 Å². The maximum atomic E-state index is 2.36. The fourth-order valence-electron chi connectivity index (χ4n) is 5.45. The minimum Gasteiger partial charge on any atom is -0.344 e. The molecule has 0 fully saturated rings. The Morgan fingerprint density at radius 3 is 1.94 bits per heavy atom. The summed E-state index contributed by atoms with van der Waals surface area (Å²) in [6, 6.07) is 45.9. The first-order valence-electron chi connectivity index (χ1n) is 12.0. The maximum Gasteiger partial charge on any atom is 0.0495 e. The Balaban J connectivity index is 1.52. The Labute approximate surface area is 204 Å². The highest BCUT2D eigenvalue weighted by molar-refractivity contribution is 6.21. The van der Waals surface area contributed by atoms with E-state index in [9.17, 15) is 0 Å². The van der Waals surface area contributed by atoms with Crippen LogP contribution in [0.25, 0.3) is 43.4 Å². The molecule has 0 amide bonds. The van der Waals surface area contributed by atoms with Crippen molar-refractivity contribution in [3.8, 4) is 0 Å². The van der Waals surface area contributed by atoms with Gasteiger partial charge in [-0.3, -0.25) is 0 Å². The average molecular weight is 449 g/mol. The molecule has 0 spiro atoms. The molecular weight excluding hydrogens is 424 g/mol. The van der Waals surface area contributed by atoms with Crippen LogP contribution in [0.4, 0.5) is 17.1 Å². The highest BCUT2D eigenvalue weighted by atomic mass is 15.1. The van der Waals surface area contributed by atoms with Crippen molar-refractivity contribution in [3.63, 3.8) is 0 Å². The molecule has 0 bridgehead atoms. The van der Waals surface area contributed by atoms with Crippen LogP contribution in [0, 0.1) is 0 Å². The van der Waals surface area contributed by atoms with Crippen LogP contribution in [0.1, 0.15) is 0 Å². The number of aromatic nitrogens is 1. The van der Waals surface area contributed by atoms with Crippen LogP contribution >= 0.6 is 0 Å². The van der Waals surface area contributed by atoms with Crippen molar-refractivity contribution < 1.29 is 0 Å². The van der Waals surface area contributed by atoms with E-state index in [1.807, 2.05) is 0 Å². The summed E-state index contributed by atoms with van der Waals surface area (Å²) in [5.74, 6) is 0. The minimum absolute atomic E-state index is 1.15. The third-order valence-electron chi connectivity index (χ3n) is 7.14. The van der Waals surface area contributed by atoms with E-state index < -0.39 is 0 Å². The summed E-state index contributed by atoms with van der Waals surface area (Å²) in [7, 11) is 2.16. The van der Waals surface area contributed by atoms with Crippen LogP contribution in [0.5, 0.6) is 0 Å². The summed E-state index contributed by atoms with van der Waals surface area (Å²) < 4.78 is 2.31. The van der Waals surface area contributed by atoms with Gasteiger partial charge >= 0.3 is 0 Å². The molecule has 1 aromatic heterocycles. The van der Waals surface area contributed by atoms with Crippen molar-refractivity contribution >= 4 is 60.4 Å². The molecule has 0 aliphatic carbocycles. The molecule has 7 aromatic rings. The Hall–Kier alpha value is -4.56. The molecule has 0 saturated heterocycles. The monoisotopic (exact) mass is 448 g/mol. The molecule has 166 valence electrons. The summed E-state index contributed by atoms with van der Waals surface area (Å²) in [5, 5.41) is 7.65. The first-order valence-corrected chi connectivity index (χ1v) is 12.0. The van der Waals surface area contributed by atoms with Gasteiger partial charge in [-0.25, -0.2) is 0 Å². The Kier molecular flexibility index (Phi) is 4.40. The smallest absolute Gasteiger partial charge is 0.0495 e. The van der Waals surface area contributed by atoms with Gasteiger partial charge in [0.1, 0.15) is 0 Å². The zero-order valence-corrected chi connectivity index (χ0v) is 19.5. The van der Waals surface area contributed by atoms with E-state index in [-0.39, 0.29) is 0 Å². The van der Waals surface area contributed by atoms with Gasteiger partial charge in [0.05, 0.1) is 0 Å². The number of aryl methyl sites for hydroxylation is 1. The van der Waals surface area contributed by atoms with Gasteiger partial charge in [-0.05, 0) is 70.1 Å². The third kappa shape index (κ3) is 3.11. The van der Waals surface area contributed by atoms with Gasteiger partial charge in [0, 0.05) is 45.9 Å². The van der Waals surface area contributed by atoms with E-state index in [1.54, 1.807) is 0 Å². The number of para-hydroxylation sites is 1. The fourth-order valence-corrected chi connectivity index (χ4v) is 5.45. The lowest BCUT2D eigenvalue weighted by molar-refractivity contribution is 1.01. The van der Waals surface area contributed by atoms with Crippen molar-refractivity contribution in [2.75, 3.05) is 4.90 Å². The molecule has 0 saturated carbocycles. The topological polar surface area (TPSA) is 8.17 Å². The second-order valence-electron chi connectivity index (χ2n) is 9.14. The molecule has 1 heterocycles. The predicted octanol–water partition coefficient (Wildman–Crippen LogP) is 9.11. The minimum atomic E-state index is 1.15. The molecule has 2 heteroatoms. The molecule has 0 radical (unpaired) electrons. The SMILES string of the molecule is Cn1c2ccc(N(c3ccccc3)c3ccc4ccccc4c3)cc2c2c3ccccc3ccc21. The van der Waals surface area contributed by atoms with Crippen LogP contribution in [-0.4, -0.2) is 4.57 Å². The second-order valence-corrected chi connectivity index (χ2v) is 9.14. The molecule has 0 unspecified atom stereocenters. The molecule has 0 atom stereocenters. The van der Waals surface area contributed by atoms with Gasteiger partial charge in [0.25, 0.3) is 0 Å². The molecule has 6 aromatic carbocycles. The van der Waals surface area contributed by atoms with E-state index in [0.717, 1.165) is 17.1 Å². The highest BCUT2D eigenvalue weighted by Gasteiger charge is 2.17. The molecule has 0 N–H and O–H groups in total. The predicted molar refractivity (Wildman–Crippen MR) is 150 cm³/mol. The summed E-state index contributed by atoms with van der Waals surface area (Å²) in [6.07, 6.45) is 0. The highest BCUT2D eigenvalue weighted by Crippen LogP contribution is 2.40. The lowest BCUT2D eigenvalue weighted by Crippen LogP contribution is -2.09. The number of hydrogen-bond acceptors (Lipinski definition) is 1. The summed E-state index contributed by atoms with van der Waals surface area (Å²) in [5.41, 5.74) is 5.95. The average Bonchev–Trinajstić information content (AvgIpc) is 3.21. The Morgan fingerprint density at radius 1 is 0.457 bits per heavy atom. The number of rotatable bonds is 3. The van der Waals surface area contributed by atoms with Crippen molar-refractivity contribution in [1.29, 1.82) is 0 Å². The second kappa shape index (κ2) is 7.75. The Bertz CT molecular complexity index is 1860. The number of nitrogens with zero attached hydrogens (tertiary/aromatic N) is 2. The molecule has 2 nitrogen and oxygen atoms in total. The lowest BCUT2D eigenvalue weighted by Gasteiger charge is -2.26. The number of benzene rings is 6. The van der Waals surface area contributed by atoms with Crippen LogP contribution in [0.15, 0.2) is 127 Å². The van der Waals surface area contributed by atoms with Crippen molar-refractivity contribution in [3.05, 3.63) is 127 Å². The maximum absolute atomic E-state index is 2.36. The van der Waals surface area contributed by atoms with Gasteiger partial charge in [-0.15, -0.1) is 0 Å². The zero-order chi connectivity index (χ0) is 23.4. The van der Waals surface area contributed by atoms with Gasteiger partial charge < -0.3 is 9.47 Å². The van der Waals surface area contributed by atoms with E-state index in [2.05, 4.69) is 144 Å². The van der Waals surface area contributed by atoms with Gasteiger partial charge in [-0.1, -0.05) is 78.9 Å². The van der Waals surface area contributed by atoms with E-state index in [4.69, 9.17) is 0 Å². The molecule has 0 aliphatic rings. The van der Waals surface area contributed by atoms with Crippen LogP contribution in [0.2, 0.25) is 0 Å². The van der Waals surface area contributed by atoms with Crippen LogP contribution in [0.3, 0.4) is 0 Å². The molecular formula is C33H24N2. The number of fused-ring (bicyclic) bond motifs is 6. The first kappa shape index (κ1) is 19.9. The van der Waals surface area contributed by atoms with E-state index in [1.165, 1.54) is 43.4 Å². The summed E-state index contributed by atoms with van der Waals surface area (Å²) in [6.45, 7) is 0. The summed E-state index contributed by atoms with van der Waals surface area (Å²) in [4.78, 5) is 2.36. The third-order valence-corrected chi connectivity index (χ3v) is 7.14. The standard InChI is InChI=1S/C33H24N2/c1-34-31-20-18-28(22-30(31)33-29-14-8-7-10-24(29)16-19-32(33)34)35(26-12-3-2-4-13-26)27-17-15-23-9-5-6-11-25(23)21-27/h2-22H,1H3. The quantitative estimate of drug-likeness (QED) is 0.262. The molecule has 35 heavy (non-hydrogen) atoms. The first-order chi connectivity index (χ1) is 17.3. The summed E-state index contributed by atoms with van der Waals surface area (Å²) >= 11 is 0. The van der Waals surface area contributed by atoms with Crippen molar-refractivity contribution in [2.45, 2.75) is 0 Å². The number of anilines is 3. The van der Waals surface area contributed by atoms with E-state index >= 15 is 0 Å². The van der Waals surface area contributed by atoms with Gasteiger partial charge in [0.2, 0.25) is 0 Å². The van der Waals surface area contributed by atoms with Crippen LogP contribution < -0.4 is 4.90 Å². The van der Waals surface area contributed by atoms with Crippen molar-refractivity contribution in [1.82, 2.24) is 4.57 Å². The number of hydrogen-bond donors (Lipinski definition) is 0. The molecule has 7 rings (SSSR count). The van der Waals surface area contributed by atoms with Crippen LogP contribution in [-0.2, 0) is 7.05 Å². The Morgan fingerprint density at radius 2 is 1.09 bits per heavy atom. The fraction of sp³-hybridized carbons (Fsp3) is 0.0303. The largest absolute Gasteiger partial charge is 0.344 e. The van der Waals surface area contributed by atoms with Gasteiger partial charge in [-0.2, -0.15) is 0 Å². The normalized spacial score (nSPS) is 11.6. The van der Waals surface area contributed by atoms with Crippen molar-refractivity contribution in [2.24, 2.45) is 7.05 Å². The van der Waals surface area contributed by atoms with Gasteiger partial charge in [0.15, 0.2) is 0 Å². The zero-order valence-electron chi connectivity index (χ0n) is 19.5. The lowest BCUT2D eigenvalue weighted by atomic mass is 10.0.